The molecule has 12 heavy (non-hydrogen) atoms. The van der Waals surface area contributed by atoms with Crippen molar-refractivity contribution >= 4 is 23.8 Å². The highest BCUT2D eigenvalue weighted by atomic mass is 79.9. The molecule has 0 fully saturated rings. The lowest BCUT2D eigenvalue weighted by Crippen LogP contribution is -1.90. The molecule has 0 aliphatic heterocycles. The average molecular weight is 227 g/mol. The van der Waals surface area contributed by atoms with Gasteiger partial charge in [-0.3, -0.25) is 0 Å². The fourth-order valence-electron chi connectivity index (χ4n) is 1.13. The molecule has 0 aliphatic carbocycles. The highest BCUT2D eigenvalue weighted by molar-refractivity contribution is 9.08. The lowest BCUT2D eigenvalue weighted by atomic mass is 9.95. The van der Waals surface area contributed by atoms with Crippen molar-refractivity contribution in [2.24, 2.45) is 0 Å². The Morgan fingerprint density at radius 2 is 2.00 bits per heavy atom. The van der Waals surface area contributed by atoms with Crippen molar-refractivity contribution in [1.29, 1.82) is 0 Å². The van der Waals surface area contributed by atoms with Crippen molar-refractivity contribution in [3.05, 3.63) is 29.3 Å². The van der Waals surface area contributed by atoms with Crippen LogP contribution < -0.4 is 4.74 Å². The van der Waals surface area contributed by atoms with Crippen LogP contribution in [0.1, 0.15) is 11.1 Å². The van der Waals surface area contributed by atoms with Crippen molar-refractivity contribution in [2.45, 2.75) is 11.7 Å². The maximum atomic E-state index is 5.18. The van der Waals surface area contributed by atoms with E-state index in [-0.39, 0.29) is 0 Å². The van der Waals surface area contributed by atoms with Crippen molar-refractivity contribution < 1.29 is 4.74 Å². The third-order valence-electron chi connectivity index (χ3n) is 1.82. The number of benzene rings is 1. The van der Waals surface area contributed by atoms with E-state index in [4.69, 9.17) is 4.74 Å². The van der Waals surface area contributed by atoms with E-state index >= 15 is 0 Å². The normalized spacial score (nSPS) is 9.83. The summed E-state index contributed by atoms with van der Waals surface area (Å²) >= 11 is 3.43. The lowest BCUT2D eigenvalue weighted by molar-refractivity contribution is 0.414. The summed E-state index contributed by atoms with van der Waals surface area (Å²) in [6, 6.07) is 6.32. The first kappa shape index (κ1) is 9.65. The van der Waals surface area contributed by atoms with Crippen LogP contribution in [-0.4, -0.2) is 15.0 Å². The number of hydrogen-bond acceptors (Lipinski definition) is 1. The van der Waals surface area contributed by atoms with Crippen molar-refractivity contribution in [3.63, 3.8) is 0 Å². The highest BCUT2D eigenvalue weighted by Crippen LogP contribution is 2.18. The van der Waals surface area contributed by atoms with Crippen molar-refractivity contribution in [1.82, 2.24) is 0 Å². The molecule has 64 valence electrons. The van der Waals surface area contributed by atoms with E-state index in [2.05, 4.69) is 35.9 Å². The summed E-state index contributed by atoms with van der Waals surface area (Å²) in [6.45, 7) is 0. The number of halogens is 1. The van der Waals surface area contributed by atoms with Crippen molar-refractivity contribution in [2.75, 3.05) is 7.11 Å². The van der Waals surface area contributed by atoms with E-state index in [0.717, 1.165) is 17.4 Å². The first-order chi connectivity index (χ1) is 5.80. The van der Waals surface area contributed by atoms with Gasteiger partial charge in [0.1, 0.15) is 13.6 Å². The second kappa shape index (κ2) is 4.56. The summed E-state index contributed by atoms with van der Waals surface area (Å²) in [5.41, 5.74) is 2.59. The molecule has 1 aromatic rings. The highest BCUT2D eigenvalue weighted by Gasteiger charge is 1.98. The summed E-state index contributed by atoms with van der Waals surface area (Å²) in [6.07, 6.45) is 1.05. The summed E-state index contributed by atoms with van der Waals surface area (Å²) in [5, 5.41) is 0.886. The zero-order valence-electron chi connectivity index (χ0n) is 7.43. The second-order valence-corrected chi connectivity index (χ2v) is 3.24. The molecule has 3 heteroatoms. The number of alkyl halides is 1. The molecule has 0 unspecified atom stereocenters. The minimum absolute atomic E-state index is 0.886. The Morgan fingerprint density at radius 1 is 1.33 bits per heavy atom. The Morgan fingerprint density at radius 3 is 2.50 bits per heavy atom. The molecule has 1 rings (SSSR count). The van der Waals surface area contributed by atoms with Gasteiger partial charge in [-0.05, 0) is 17.7 Å². The standard InChI is InChI=1S/C9H12BBrO/c1-12-9-3-7(5-10)2-8(4-9)6-11/h2-4H,5-6,10H2,1H3. The van der Waals surface area contributed by atoms with Gasteiger partial charge in [0.25, 0.3) is 0 Å². The minimum atomic E-state index is 0.886. The Kier molecular flexibility index (Phi) is 3.66. The molecule has 0 atom stereocenters. The van der Waals surface area contributed by atoms with Crippen LogP contribution in [0.25, 0.3) is 0 Å². The number of ether oxygens (including phenoxy) is 1. The molecule has 0 spiro atoms. The predicted molar refractivity (Wildman–Crippen MR) is 57.9 cm³/mol. The van der Waals surface area contributed by atoms with Crippen molar-refractivity contribution in [3.8, 4) is 5.75 Å². The molecule has 0 bridgehead atoms. The van der Waals surface area contributed by atoms with Gasteiger partial charge in [-0.1, -0.05) is 33.9 Å². The molecule has 0 aromatic heterocycles. The number of rotatable bonds is 3. The molecular weight excluding hydrogens is 215 g/mol. The number of hydrogen-bond donors (Lipinski definition) is 0. The summed E-state index contributed by atoms with van der Waals surface area (Å²) in [5.74, 6) is 0.948. The molecule has 1 nitrogen and oxygen atoms in total. The molecule has 0 aliphatic rings. The Balaban J connectivity index is 3.01. The molecular formula is C9H12BBrO. The predicted octanol–water partition coefficient (Wildman–Crippen LogP) is 1.72. The smallest absolute Gasteiger partial charge is 0.119 e. The summed E-state index contributed by atoms with van der Waals surface area (Å²) in [4.78, 5) is 0. The van der Waals surface area contributed by atoms with Crippen LogP contribution in [0, 0.1) is 0 Å². The molecule has 0 heterocycles. The SMILES string of the molecule is BCc1cc(CBr)cc(OC)c1. The van der Waals surface area contributed by atoms with Gasteiger partial charge < -0.3 is 4.74 Å². The lowest BCUT2D eigenvalue weighted by Gasteiger charge is -2.05. The molecule has 0 amide bonds. The largest absolute Gasteiger partial charge is 0.497 e. The minimum Gasteiger partial charge on any atom is -0.497 e. The van der Waals surface area contributed by atoms with Crippen LogP contribution in [-0.2, 0) is 11.7 Å². The first-order valence-corrected chi connectivity index (χ1v) is 5.15. The summed E-state index contributed by atoms with van der Waals surface area (Å²) in [7, 11) is 3.85. The topological polar surface area (TPSA) is 9.23 Å². The third-order valence-corrected chi connectivity index (χ3v) is 2.47. The van der Waals surface area contributed by atoms with E-state index < -0.39 is 0 Å². The van der Waals surface area contributed by atoms with Crippen LogP contribution in [0.5, 0.6) is 5.75 Å². The third kappa shape index (κ3) is 2.27. The molecule has 0 radical (unpaired) electrons. The summed E-state index contributed by atoms with van der Waals surface area (Å²) < 4.78 is 5.18. The van der Waals surface area contributed by atoms with E-state index in [1.165, 1.54) is 11.1 Å². The maximum Gasteiger partial charge on any atom is 0.119 e. The molecule has 0 saturated heterocycles. The van der Waals surface area contributed by atoms with E-state index in [1.807, 2.05) is 6.07 Å². The van der Waals surface area contributed by atoms with Gasteiger partial charge in [-0.15, -0.1) is 0 Å². The van der Waals surface area contributed by atoms with Crippen LogP contribution in [0.2, 0.25) is 0 Å². The van der Waals surface area contributed by atoms with E-state index in [0.29, 0.717) is 0 Å². The van der Waals surface area contributed by atoms with Gasteiger partial charge in [0.05, 0.1) is 7.11 Å². The zero-order chi connectivity index (χ0) is 8.97. The first-order valence-electron chi connectivity index (χ1n) is 4.03. The van der Waals surface area contributed by atoms with E-state index in [9.17, 15) is 0 Å². The Labute approximate surface area is 82.7 Å². The Bertz CT molecular complexity index is 207. The van der Waals surface area contributed by atoms with E-state index in [1.54, 1.807) is 7.11 Å². The van der Waals surface area contributed by atoms with Gasteiger partial charge in [0.2, 0.25) is 0 Å². The van der Waals surface area contributed by atoms with Gasteiger partial charge in [0, 0.05) is 5.33 Å². The quantitative estimate of drug-likeness (QED) is 0.564. The number of methoxy groups -OCH3 is 1. The van der Waals surface area contributed by atoms with Gasteiger partial charge in [-0.25, -0.2) is 0 Å². The average Bonchev–Trinajstić information content (AvgIpc) is 2.16. The maximum absolute atomic E-state index is 5.18. The Hall–Kier alpha value is -0.435. The molecule has 0 saturated carbocycles. The van der Waals surface area contributed by atoms with Crippen LogP contribution in [0.3, 0.4) is 0 Å². The van der Waals surface area contributed by atoms with Gasteiger partial charge >= 0.3 is 0 Å². The van der Waals surface area contributed by atoms with Crippen LogP contribution in [0.15, 0.2) is 18.2 Å². The zero-order valence-corrected chi connectivity index (χ0v) is 9.02. The molecule has 0 N–H and O–H groups in total. The van der Waals surface area contributed by atoms with Crippen LogP contribution in [0.4, 0.5) is 0 Å². The fraction of sp³-hybridized carbons (Fsp3) is 0.333. The monoisotopic (exact) mass is 226 g/mol. The molecule has 1 aromatic carbocycles. The second-order valence-electron chi connectivity index (χ2n) is 2.68. The fourth-order valence-corrected chi connectivity index (χ4v) is 1.45. The van der Waals surface area contributed by atoms with Gasteiger partial charge in [-0.2, -0.15) is 0 Å². The van der Waals surface area contributed by atoms with Crippen LogP contribution >= 0.6 is 15.9 Å². The van der Waals surface area contributed by atoms with Gasteiger partial charge in [0.15, 0.2) is 0 Å².